The Morgan fingerprint density at radius 2 is 1.76 bits per heavy atom. The Hall–Kier alpha value is -2.49. The first kappa shape index (κ1) is 21.2. The lowest BCUT2D eigenvalue weighted by molar-refractivity contribution is -0.121. The van der Waals surface area contributed by atoms with Gasteiger partial charge in [-0.3, -0.25) is 9.69 Å². The van der Waals surface area contributed by atoms with Crippen LogP contribution < -0.4 is 10.1 Å². The predicted molar refractivity (Wildman–Crippen MR) is 108 cm³/mol. The van der Waals surface area contributed by atoms with E-state index >= 15 is 0 Å². The van der Waals surface area contributed by atoms with Gasteiger partial charge in [0.15, 0.2) is 0 Å². The molecule has 0 spiro atoms. The van der Waals surface area contributed by atoms with Crippen molar-refractivity contribution in [2.24, 2.45) is 0 Å². The third kappa shape index (κ3) is 4.92. The molecule has 1 amide bonds. The zero-order chi connectivity index (χ0) is 21.0. The molecule has 1 atom stereocenters. The van der Waals surface area contributed by atoms with Crippen LogP contribution >= 0.6 is 0 Å². The Labute approximate surface area is 170 Å². The zero-order valence-electron chi connectivity index (χ0n) is 16.3. The molecule has 29 heavy (non-hydrogen) atoms. The summed E-state index contributed by atoms with van der Waals surface area (Å²) in [5, 5.41) is 2.85. The molecule has 0 bridgehead atoms. The van der Waals surface area contributed by atoms with Crippen molar-refractivity contribution in [3.63, 3.8) is 0 Å². The van der Waals surface area contributed by atoms with Crippen LogP contribution in [0.2, 0.25) is 0 Å². The van der Waals surface area contributed by atoms with E-state index in [1.807, 2.05) is 4.90 Å². The SMILES string of the molecule is COc1ccc(NC(=O)C(C)N2CCN(S(=O)(=O)c3cccc(F)c3)CC2)cc1. The monoisotopic (exact) mass is 421 g/mol. The maximum absolute atomic E-state index is 13.4. The van der Waals surface area contributed by atoms with E-state index in [0.717, 1.165) is 6.07 Å². The van der Waals surface area contributed by atoms with Gasteiger partial charge < -0.3 is 10.1 Å². The number of hydrogen-bond donors (Lipinski definition) is 1. The molecule has 0 aliphatic carbocycles. The van der Waals surface area contributed by atoms with Gasteiger partial charge in [-0.2, -0.15) is 4.31 Å². The van der Waals surface area contributed by atoms with Crippen molar-refractivity contribution in [3.05, 3.63) is 54.3 Å². The number of ether oxygens (including phenoxy) is 1. The second kappa shape index (κ2) is 8.89. The van der Waals surface area contributed by atoms with Gasteiger partial charge in [-0.1, -0.05) is 6.07 Å². The standard InChI is InChI=1S/C20H24FN3O4S/c1-15(20(25)22-17-6-8-18(28-2)9-7-17)23-10-12-24(13-11-23)29(26,27)19-5-3-4-16(21)14-19/h3-9,14-15H,10-13H2,1-2H3,(H,22,25). The summed E-state index contributed by atoms with van der Waals surface area (Å²) in [5.74, 6) is -0.0585. The number of anilines is 1. The van der Waals surface area contributed by atoms with Gasteiger partial charge in [-0.05, 0) is 49.4 Å². The fourth-order valence-electron chi connectivity index (χ4n) is 3.19. The van der Waals surface area contributed by atoms with Gasteiger partial charge in [0, 0.05) is 31.9 Å². The summed E-state index contributed by atoms with van der Waals surface area (Å²) in [7, 11) is -2.18. The average Bonchev–Trinajstić information content (AvgIpc) is 2.74. The number of amides is 1. The number of nitrogens with zero attached hydrogens (tertiary/aromatic N) is 2. The van der Waals surface area contributed by atoms with Crippen LogP contribution in [-0.4, -0.2) is 62.9 Å². The Balaban J connectivity index is 1.58. The molecule has 156 valence electrons. The number of hydrogen-bond acceptors (Lipinski definition) is 5. The van der Waals surface area contributed by atoms with Crippen LogP contribution in [0.3, 0.4) is 0 Å². The van der Waals surface area contributed by atoms with Crippen LogP contribution in [0.1, 0.15) is 6.92 Å². The van der Waals surface area contributed by atoms with Crippen molar-refractivity contribution in [2.45, 2.75) is 17.9 Å². The highest BCUT2D eigenvalue weighted by Gasteiger charge is 2.32. The number of nitrogens with one attached hydrogen (secondary N) is 1. The number of benzene rings is 2. The van der Waals surface area contributed by atoms with Gasteiger partial charge in [0.05, 0.1) is 18.0 Å². The molecule has 1 heterocycles. The Kier molecular flexibility index (Phi) is 6.51. The zero-order valence-corrected chi connectivity index (χ0v) is 17.2. The molecule has 1 fully saturated rings. The van der Waals surface area contributed by atoms with Crippen LogP contribution in [0, 0.1) is 5.82 Å². The highest BCUT2D eigenvalue weighted by Crippen LogP contribution is 2.20. The molecule has 7 nitrogen and oxygen atoms in total. The van der Waals surface area contributed by atoms with E-state index < -0.39 is 21.9 Å². The first-order chi connectivity index (χ1) is 13.8. The fraction of sp³-hybridized carbons (Fsp3) is 0.350. The van der Waals surface area contributed by atoms with E-state index in [9.17, 15) is 17.6 Å². The third-order valence-electron chi connectivity index (χ3n) is 4.99. The number of halogens is 1. The van der Waals surface area contributed by atoms with Crippen molar-refractivity contribution in [1.29, 1.82) is 0 Å². The largest absolute Gasteiger partial charge is 0.497 e. The molecule has 1 saturated heterocycles. The summed E-state index contributed by atoms with van der Waals surface area (Å²) in [4.78, 5) is 14.4. The van der Waals surface area contributed by atoms with Crippen molar-refractivity contribution >= 4 is 21.6 Å². The van der Waals surface area contributed by atoms with Crippen molar-refractivity contribution in [2.75, 3.05) is 38.6 Å². The Morgan fingerprint density at radius 1 is 1.10 bits per heavy atom. The van der Waals surface area contributed by atoms with Gasteiger partial charge in [0.25, 0.3) is 0 Å². The summed E-state index contributed by atoms with van der Waals surface area (Å²) < 4.78 is 45.2. The van der Waals surface area contributed by atoms with Gasteiger partial charge in [-0.25, -0.2) is 12.8 Å². The molecule has 2 aromatic carbocycles. The lowest BCUT2D eigenvalue weighted by atomic mass is 10.2. The molecule has 0 radical (unpaired) electrons. The Bertz CT molecular complexity index is 958. The number of piperazine rings is 1. The quantitative estimate of drug-likeness (QED) is 0.773. The minimum absolute atomic E-state index is 0.0590. The smallest absolute Gasteiger partial charge is 0.243 e. The van der Waals surface area contributed by atoms with E-state index in [1.54, 1.807) is 38.3 Å². The number of rotatable bonds is 6. The highest BCUT2D eigenvalue weighted by molar-refractivity contribution is 7.89. The van der Waals surface area contributed by atoms with Gasteiger partial charge in [0.2, 0.25) is 15.9 Å². The van der Waals surface area contributed by atoms with Gasteiger partial charge in [-0.15, -0.1) is 0 Å². The first-order valence-corrected chi connectivity index (χ1v) is 10.7. The van der Waals surface area contributed by atoms with Gasteiger partial charge >= 0.3 is 0 Å². The molecule has 1 unspecified atom stereocenters. The molecule has 2 aromatic rings. The van der Waals surface area contributed by atoms with Crippen LogP contribution in [0.4, 0.5) is 10.1 Å². The minimum atomic E-state index is -3.75. The van der Waals surface area contributed by atoms with Crippen LogP contribution in [-0.2, 0) is 14.8 Å². The number of methoxy groups -OCH3 is 1. The first-order valence-electron chi connectivity index (χ1n) is 9.26. The highest BCUT2D eigenvalue weighted by atomic mass is 32.2. The lowest BCUT2D eigenvalue weighted by Gasteiger charge is -2.36. The summed E-state index contributed by atoms with van der Waals surface area (Å²) in [5.41, 5.74) is 0.662. The van der Waals surface area contributed by atoms with Crippen molar-refractivity contribution in [3.8, 4) is 5.75 Å². The molecule has 0 aromatic heterocycles. The van der Waals surface area contributed by atoms with E-state index in [0.29, 0.717) is 24.5 Å². The average molecular weight is 421 g/mol. The lowest BCUT2D eigenvalue weighted by Crippen LogP contribution is -2.53. The van der Waals surface area contributed by atoms with Crippen LogP contribution in [0.25, 0.3) is 0 Å². The predicted octanol–water partition coefficient (Wildman–Crippen LogP) is 2.17. The van der Waals surface area contributed by atoms with E-state index in [2.05, 4.69) is 5.32 Å². The summed E-state index contributed by atoms with van der Waals surface area (Å²) >= 11 is 0. The molecular weight excluding hydrogens is 397 g/mol. The summed E-state index contributed by atoms with van der Waals surface area (Å²) in [6, 6.07) is 11.6. The third-order valence-corrected chi connectivity index (χ3v) is 6.89. The van der Waals surface area contributed by atoms with Crippen molar-refractivity contribution < 1.29 is 22.3 Å². The second-order valence-electron chi connectivity index (χ2n) is 6.79. The molecule has 1 aliphatic heterocycles. The second-order valence-corrected chi connectivity index (χ2v) is 8.73. The molecule has 9 heteroatoms. The number of sulfonamides is 1. The van der Waals surface area contributed by atoms with E-state index in [-0.39, 0.29) is 23.9 Å². The molecule has 0 saturated carbocycles. The molecular formula is C20H24FN3O4S. The summed E-state index contributed by atoms with van der Waals surface area (Å²) in [6.07, 6.45) is 0. The van der Waals surface area contributed by atoms with Crippen LogP contribution in [0.15, 0.2) is 53.4 Å². The molecule has 3 rings (SSSR count). The normalized spacial score (nSPS) is 16.9. The molecule has 1 aliphatic rings. The van der Waals surface area contributed by atoms with Gasteiger partial charge in [0.1, 0.15) is 11.6 Å². The minimum Gasteiger partial charge on any atom is -0.497 e. The van der Waals surface area contributed by atoms with E-state index in [1.165, 1.54) is 22.5 Å². The maximum Gasteiger partial charge on any atom is 0.243 e. The van der Waals surface area contributed by atoms with Crippen LogP contribution in [0.5, 0.6) is 5.75 Å². The Morgan fingerprint density at radius 3 is 2.34 bits per heavy atom. The molecule has 1 N–H and O–H groups in total. The fourth-order valence-corrected chi connectivity index (χ4v) is 4.65. The van der Waals surface area contributed by atoms with Crippen molar-refractivity contribution in [1.82, 2.24) is 9.21 Å². The summed E-state index contributed by atoms with van der Waals surface area (Å²) in [6.45, 7) is 3.07. The van der Waals surface area contributed by atoms with E-state index in [4.69, 9.17) is 4.74 Å². The topological polar surface area (TPSA) is 79.0 Å². The number of carbonyl (C=O) groups is 1. The number of carbonyl (C=O) groups excluding carboxylic acids is 1. The maximum atomic E-state index is 13.4.